The molecular weight excluding hydrogens is 206 g/mol. The van der Waals surface area contributed by atoms with Crippen molar-refractivity contribution in [3.05, 3.63) is 35.9 Å². The summed E-state index contributed by atoms with van der Waals surface area (Å²) in [4.78, 5) is 0. The van der Waals surface area contributed by atoms with Gasteiger partial charge in [-0.3, -0.25) is 0 Å². The molecule has 2 unspecified atom stereocenters. The molecule has 2 atom stereocenters. The highest BCUT2D eigenvalue weighted by Gasteiger charge is 2.22. The topological polar surface area (TPSA) is 46.2 Å². The van der Waals surface area contributed by atoms with E-state index in [1.54, 1.807) is 11.8 Å². The fourth-order valence-corrected chi connectivity index (χ4v) is 2.38. The van der Waals surface area contributed by atoms with Crippen molar-refractivity contribution in [3.63, 3.8) is 0 Å². The summed E-state index contributed by atoms with van der Waals surface area (Å²) >= 11 is 1.69. The monoisotopic (exact) mass is 225 g/mol. The van der Waals surface area contributed by atoms with E-state index in [2.05, 4.69) is 0 Å². The first-order valence-electron chi connectivity index (χ1n) is 5.13. The van der Waals surface area contributed by atoms with Crippen molar-refractivity contribution in [2.24, 2.45) is 5.73 Å². The Morgan fingerprint density at radius 1 is 1.40 bits per heavy atom. The van der Waals surface area contributed by atoms with Crippen molar-refractivity contribution >= 4 is 11.8 Å². The molecule has 0 aromatic heterocycles. The Labute approximate surface area is 95.9 Å². The molecular formula is C12H19NOS. The van der Waals surface area contributed by atoms with Crippen LogP contribution in [0.3, 0.4) is 0 Å². The minimum absolute atomic E-state index is 0.182. The van der Waals surface area contributed by atoms with Crippen LogP contribution in [0.4, 0.5) is 0 Å². The molecule has 84 valence electrons. The van der Waals surface area contributed by atoms with Crippen molar-refractivity contribution in [3.8, 4) is 0 Å². The van der Waals surface area contributed by atoms with Gasteiger partial charge < -0.3 is 10.8 Å². The highest BCUT2D eigenvalue weighted by molar-refractivity contribution is 7.99. The molecule has 1 aromatic rings. The molecule has 0 spiro atoms. The Morgan fingerprint density at radius 2 is 2.00 bits per heavy atom. The van der Waals surface area contributed by atoms with E-state index in [9.17, 15) is 5.11 Å². The zero-order valence-electron chi connectivity index (χ0n) is 9.31. The summed E-state index contributed by atoms with van der Waals surface area (Å²) in [6.07, 6.45) is 0. The summed E-state index contributed by atoms with van der Waals surface area (Å²) in [6.45, 7) is 3.82. The Kier molecular flexibility index (Phi) is 4.64. The normalized spacial score (nSPS) is 17.1. The minimum atomic E-state index is -0.763. The minimum Gasteiger partial charge on any atom is -0.385 e. The Balaban J connectivity index is 2.52. The van der Waals surface area contributed by atoms with Gasteiger partial charge in [-0.1, -0.05) is 30.3 Å². The molecule has 0 saturated heterocycles. The van der Waals surface area contributed by atoms with Crippen LogP contribution in [0.5, 0.6) is 0 Å². The van der Waals surface area contributed by atoms with Crippen LogP contribution in [-0.2, 0) is 5.60 Å². The van der Waals surface area contributed by atoms with E-state index in [0.29, 0.717) is 5.75 Å². The number of benzene rings is 1. The molecule has 0 fully saturated rings. The second-order valence-electron chi connectivity index (χ2n) is 4.13. The highest BCUT2D eigenvalue weighted by Crippen LogP contribution is 2.24. The van der Waals surface area contributed by atoms with Gasteiger partial charge in [0.25, 0.3) is 0 Å². The fourth-order valence-electron chi connectivity index (χ4n) is 1.32. The maximum atomic E-state index is 10.2. The molecule has 0 aliphatic carbocycles. The lowest BCUT2D eigenvalue weighted by molar-refractivity contribution is 0.0839. The van der Waals surface area contributed by atoms with Crippen molar-refractivity contribution in [2.45, 2.75) is 25.5 Å². The lowest BCUT2D eigenvalue weighted by Gasteiger charge is -2.23. The smallest absolute Gasteiger partial charge is 0.0958 e. The molecule has 0 radical (unpaired) electrons. The summed E-state index contributed by atoms with van der Waals surface area (Å²) in [7, 11) is 0. The standard InChI is InChI=1S/C12H19NOS/c1-10(13)8-15-9-12(2,14)11-6-4-3-5-7-11/h3-7,10,14H,8-9,13H2,1-2H3. The predicted molar refractivity (Wildman–Crippen MR) is 67.0 cm³/mol. The number of thioether (sulfide) groups is 1. The molecule has 1 aromatic carbocycles. The van der Waals surface area contributed by atoms with Crippen LogP contribution >= 0.6 is 11.8 Å². The van der Waals surface area contributed by atoms with Gasteiger partial charge in [0.2, 0.25) is 0 Å². The first-order chi connectivity index (χ1) is 7.02. The molecule has 0 aliphatic rings. The van der Waals surface area contributed by atoms with E-state index >= 15 is 0 Å². The third-order valence-electron chi connectivity index (χ3n) is 2.16. The van der Waals surface area contributed by atoms with Gasteiger partial charge in [0.15, 0.2) is 0 Å². The first kappa shape index (κ1) is 12.6. The van der Waals surface area contributed by atoms with Gasteiger partial charge in [0, 0.05) is 17.5 Å². The van der Waals surface area contributed by atoms with Crippen LogP contribution in [0, 0.1) is 0 Å². The van der Waals surface area contributed by atoms with E-state index in [0.717, 1.165) is 11.3 Å². The summed E-state index contributed by atoms with van der Waals surface area (Å²) < 4.78 is 0. The lowest BCUT2D eigenvalue weighted by atomic mass is 9.99. The van der Waals surface area contributed by atoms with Crippen molar-refractivity contribution < 1.29 is 5.11 Å². The van der Waals surface area contributed by atoms with Gasteiger partial charge in [0.1, 0.15) is 0 Å². The molecule has 2 nitrogen and oxygen atoms in total. The predicted octanol–water partition coefficient (Wildman–Crippen LogP) is 1.97. The number of hydrogen-bond donors (Lipinski definition) is 2. The van der Waals surface area contributed by atoms with Gasteiger partial charge in [-0.05, 0) is 19.4 Å². The third-order valence-corrected chi connectivity index (χ3v) is 3.69. The number of nitrogens with two attached hydrogens (primary N) is 1. The zero-order valence-corrected chi connectivity index (χ0v) is 10.1. The van der Waals surface area contributed by atoms with E-state index in [4.69, 9.17) is 5.73 Å². The van der Waals surface area contributed by atoms with Gasteiger partial charge in [-0.25, -0.2) is 0 Å². The van der Waals surface area contributed by atoms with Crippen LogP contribution in [0.1, 0.15) is 19.4 Å². The maximum absolute atomic E-state index is 10.2. The van der Waals surface area contributed by atoms with Crippen LogP contribution < -0.4 is 5.73 Å². The lowest BCUT2D eigenvalue weighted by Crippen LogP contribution is -2.26. The van der Waals surface area contributed by atoms with Crippen molar-refractivity contribution in [1.29, 1.82) is 0 Å². The van der Waals surface area contributed by atoms with E-state index in [1.165, 1.54) is 0 Å². The molecule has 1 rings (SSSR count). The molecule has 15 heavy (non-hydrogen) atoms. The second-order valence-corrected chi connectivity index (χ2v) is 5.16. The van der Waals surface area contributed by atoms with E-state index < -0.39 is 5.60 Å². The van der Waals surface area contributed by atoms with Gasteiger partial charge in [-0.2, -0.15) is 11.8 Å². The Hall–Kier alpha value is -0.510. The largest absolute Gasteiger partial charge is 0.385 e. The highest BCUT2D eigenvalue weighted by atomic mass is 32.2. The quantitative estimate of drug-likeness (QED) is 0.805. The van der Waals surface area contributed by atoms with Crippen LogP contribution in [-0.4, -0.2) is 22.7 Å². The SMILES string of the molecule is CC(N)CSCC(C)(O)c1ccccc1. The van der Waals surface area contributed by atoms with Gasteiger partial charge in [-0.15, -0.1) is 0 Å². The average Bonchev–Trinajstić information content (AvgIpc) is 2.18. The van der Waals surface area contributed by atoms with Gasteiger partial charge >= 0.3 is 0 Å². The van der Waals surface area contributed by atoms with Crippen molar-refractivity contribution in [2.75, 3.05) is 11.5 Å². The Morgan fingerprint density at radius 3 is 2.53 bits per heavy atom. The van der Waals surface area contributed by atoms with Crippen LogP contribution in [0.15, 0.2) is 30.3 Å². The van der Waals surface area contributed by atoms with Crippen LogP contribution in [0.2, 0.25) is 0 Å². The average molecular weight is 225 g/mol. The molecule has 0 amide bonds. The number of hydrogen-bond acceptors (Lipinski definition) is 3. The number of rotatable bonds is 5. The zero-order chi connectivity index (χ0) is 11.3. The maximum Gasteiger partial charge on any atom is 0.0958 e. The molecule has 0 bridgehead atoms. The molecule has 0 heterocycles. The molecule has 3 heteroatoms. The summed E-state index contributed by atoms with van der Waals surface area (Å²) in [5.41, 5.74) is 5.86. The second kappa shape index (κ2) is 5.54. The van der Waals surface area contributed by atoms with Crippen molar-refractivity contribution in [1.82, 2.24) is 0 Å². The van der Waals surface area contributed by atoms with E-state index in [-0.39, 0.29) is 6.04 Å². The molecule has 3 N–H and O–H groups in total. The first-order valence-corrected chi connectivity index (χ1v) is 6.29. The number of aliphatic hydroxyl groups is 1. The van der Waals surface area contributed by atoms with Gasteiger partial charge in [0.05, 0.1) is 5.60 Å². The van der Waals surface area contributed by atoms with Crippen LogP contribution in [0.25, 0.3) is 0 Å². The summed E-state index contributed by atoms with van der Waals surface area (Å²) in [5.74, 6) is 1.56. The fraction of sp³-hybridized carbons (Fsp3) is 0.500. The third kappa shape index (κ3) is 4.24. The Bertz CT molecular complexity index is 285. The molecule has 0 saturated carbocycles. The van der Waals surface area contributed by atoms with E-state index in [1.807, 2.05) is 44.2 Å². The molecule has 0 aliphatic heterocycles. The summed E-state index contributed by atoms with van der Waals surface area (Å²) in [6, 6.07) is 9.93. The summed E-state index contributed by atoms with van der Waals surface area (Å²) in [5, 5.41) is 10.2.